The predicted molar refractivity (Wildman–Crippen MR) is 189 cm³/mol. The summed E-state index contributed by atoms with van der Waals surface area (Å²) in [6.45, 7) is 1.18. The number of nitrogens with zero attached hydrogens (tertiary/aromatic N) is 9. The van der Waals surface area contributed by atoms with E-state index in [1.165, 1.54) is 43.5 Å². The van der Waals surface area contributed by atoms with E-state index in [-0.39, 0.29) is 31.2 Å². The summed E-state index contributed by atoms with van der Waals surface area (Å²) in [6, 6.07) is 5.86. The molecule has 2 unspecified atom stereocenters. The normalized spacial score (nSPS) is 14.5. The van der Waals surface area contributed by atoms with Crippen LogP contribution in [-0.2, 0) is 50.9 Å². The summed E-state index contributed by atoms with van der Waals surface area (Å²) in [5.74, 6) is -0.586. The highest BCUT2D eigenvalue weighted by Gasteiger charge is 2.34. The molecule has 12 nitrogen and oxygen atoms in total. The van der Waals surface area contributed by atoms with Crippen LogP contribution in [0.3, 0.4) is 0 Å². The van der Waals surface area contributed by atoms with Crippen LogP contribution in [0.1, 0.15) is 52.9 Å². The van der Waals surface area contributed by atoms with Gasteiger partial charge in [-0.05, 0) is 48.7 Å². The molecular formula is C35H32F13N9O3S. The van der Waals surface area contributed by atoms with E-state index >= 15 is 0 Å². The van der Waals surface area contributed by atoms with Crippen molar-refractivity contribution in [1.29, 1.82) is 10.5 Å². The number of rotatable bonds is 11. The monoisotopic (exact) mass is 905 g/mol. The number of amidine groups is 1. The number of aromatic nitrogens is 3. The quantitative estimate of drug-likeness (QED) is 0.0601. The Morgan fingerprint density at radius 1 is 0.787 bits per heavy atom. The van der Waals surface area contributed by atoms with E-state index in [1.807, 2.05) is 0 Å². The van der Waals surface area contributed by atoms with Gasteiger partial charge in [0.1, 0.15) is 29.5 Å². The summed E-state index contributed by atoms with van der Waals surface area (Å²) in [5, 5.41) is 16.1. The van der Waals surface area contributed by atoms with Gasteiger partial charge in [-0.2, -0.15) is 55.0 Å². The lowest BCUT2D eigenvalue weighted by molar-refractivity contribution is -0.142. The highest BCUT2D eigenvalue weighted by atomic mass is 32.2. The van der Waals surface area contributed by atoms with Crippen LogP contribution in [-0.4, -0.2) is 79.6 Å². The van der Waals surface area contributed by atoms with E-state index in [0.717, 1.165) is 59.9 Å². The molecule has 0 fully saturated rings. The zero-order chi connectivity index (χ0) is 46.3. The van der Waals surface area contributed by atoms with Gasteiger partial charge in [-0.15, -0.1) is 4.36 Å². The van der Waals surface area contributed by atoms with Crippen LogP contribution < -0.4 is 0 Å². The van der Waals surface area contributed by atoms with Crippen LogP contribution >= 0.6 is 0 Å². The minimum atomic E-state index is -4.56. The number of hydrogen-bond donors (Lipinski definition) is 0. The summed E-state index contributed by atoms with van der Waals surface area (Å²) < 4.78 is 181. The molecule has 26 heteroatoms. The van der Waals surface area contributed by atoms with Gasteiger partial charge in [-0.1, -0.05) is 18.2 Å². The molecule has 0 aromatic carbocycles. The molecule has 2 atom stereocenters. The summed E-state index contributed by atoms with van der Waals surface area (Å²) >= 11 is 0. The second-order valence-electron chi connectivity index (χ2n) is 12.3. The lowest BCUT2D eigenvalue weighted by Crippen LogP contribution is -2.33. The lowest BCUT2D eigenvalue weighted by Gasteiger charge is -2.24. The first-order valence-corrected chi connectivity index (χ1v) is 18.7. The molecule has 4 heterocycles. The largest absolute Gasteiger partial charge is 0.456 e. The van der Waals surface area contributed by atoms with E-state index in [9.17, 15) is 66.1 Å². The van der Waals surface area contributed by atoms with Crippen molar-refractivity contribution in [2.24, 2.45) is 9.36 Å². The van der Waals surface area contributed by atoms with Gasteiger partial charge in [0.15, 0.2) is 0 Å². The second kappa shape index (κ2) is 22.0. The highest BCUT2D eigenvalue weighted by molar-refractivity contribution is 7.93. The van der Waals surface area contributed by atoms with Gasteiger partial charge in [-0.3, -0.25) is 15.0 Å². The molecule has 0 N–H and O–H groups in total. The summed E-state index contributed by atoms with van der Waals surface area (Å²) in [5.41, 5.74) is -1.92. The molecule has 0 radical (unpaired) electrons. The Labute approximate surface area is 339 Å². The van der Waals surface area contributed by atoms with Gasteiger partial charge in [0.05, 0.1) is 33.8 Å². The number of alkyl halides is 13. The second-order valence-corrected chi connectivity index (χ2v) is 14.9. The maximum Gasteiger partial charge on any atom is 0.433 e. The van der Waals surface area contributed by atoms with E-state index < -0.39 is 82.5 Å². The maximum atomic E-state index is 12.6. The SMILES string of the molecule is CC(=NC#N)N(Cc1ccc(C(F)(F)F)nc1)CC(F)F.CC(c1ccc(C(F)(F)F)nc1)S(C)(=O)=NC#N.O=C1C=C(N(Cc2ccc(C(F)(F)F)nc2)CC(F)F)CO1. The molecule has 3 aromatic heterocycles. The number of nitriles is 2. The molecule has 3 aromatic rings. The predicted octanol–water partition coefficient (Wildman–Crippen LogP) is 8.42. The first kappa shape index (κ1) is 51.1. The molecule has 1 aliphatic rings. The average molecular weight is 906 g/mol. The third-order valence-electron chi connectivity index (χ3n) is 7.84. The molecule has 332 valence electrons. The van der Waals surface area contributed by atoms with Crippen molar-refractivity contribution in [3.63, 3.8) is 0 Å². The maximum absolute atomic E-state index is 12.6. The van der Waals surface area contributed by atoms with Crippen LogP contribution in [0, 0.1) is 22.9 Å². The van der Waals surface area contributed by atoms with Crippen molar-refractivity contribution in [2.45, 2.75) is 63.6 Å². The minimum Gasteiger partial charge on any atom is -0.456 e. The number of esters is 1. The fraction of sp³-hybridized carbons (Fsp3) is 0.400. The van der Waals surface area contributed by atoms with Crippen LogP contribution in [0.15, 0.2) is 76.1 Å². The molecule has 0 saturated heterocycles. The van der Waals surface area contributed by atoms with Crippen LogP contribution in [0.4, 0.5) is 57.1 Å². The van der Waals surface area contributed by atoms with E-state index in [1.54, 1.807) is 0 Å². The number of carbonyl (C=O) groups is 1. The Morgan fingerprint density at radius 2 is 1.26 bits per heavy atom. The van der Waals surface area contributed by atoms with Crippen molar-refractivity contribution < 1.29 is 70.8 Å². The molecule has 0 amide bonds. The zero-order valence-electron chi connectivity index (χ0n) is 31.6. The number of hydrogen-bond acceptors (Lipinski definition) is 11. The van der Waals surface area contributed by atoms with Gasteiger partial charge in [0.25, 0.3) is 12.9 Å². The van der Waals surface area contributed by atoms with Crippen molar-refractivity contribution in [3.05, 3.63) is 101 Å². The van der Waals surface area contributed by atoms with Crippen molar-refractivity contribution in [3.8, 4) is 12.4 Å². The molecule has 1 aliphatic heterocycles. The highest BCUT2D eigenvalue weighted by Crippen LogP contribution is 2.30. The number of carbonyl (C=O) groups excluding carboxylic acids is 1. The molecule has 0 aliphatic carbocycles. The Kier molecular flexibility index (Phi) is 18.4. The number of ether oxygens (including phenoxy) is 1. The molecule has 0 spiro atoms. The van der Waals surface area contributed by atoms with Crippen molar-refractivity contribution in [2.75, 3.05) is 26.0 Å². The summed E-state index contributed by atoms with van der Waals surface area (Å²) in [6.07, 6.45) is -10.8. The third kappa shape index (κ3) is 17.2. The summed E-state index contributed by atoms with van der Waals surface area (Å²) in [4.78, 5) is 26.4. The van der Waals surface area contributed by atoms with Crippen LogP contribution in [0.2, 0.25) is 0 Å². The number of aliphatic imine (C=N–C) groups is 1. The van der Waals surface area contributed by atoms with Gasteiger partial charge < -0.3 is 14.5 Å². The Balaban J connectivity index is 0.000000317. The molecular weight excluding hydrogens is 873 g/mol. The Morgan fingerprint density at radius 3 is 1.62 bits per heavy atom. The first-order valence-electron chi connectivity index (χ1n) is 16.7. The molecule has 4 rings (SSSR count). The topological polar surface area (TPSA) is 161 Å². The van der Waals surface area contributed by atoms with Crippen LogP contribution in [0.5, 0.6) is 0 Å². The Bertz CT molecular complexity index is 2180. The third-order valence-corrected chi connectivity index (χ3v) is 9.87. The summed E-state index contributed by atoms with van der Waals surface area (Å²) in [7, 11) is -2.82. The van der Waals surface area contributed by atoms with Gasteiger partial charge in [0.2, 0.25) is 12.4 Å². The van der Waals surface area contributed by atoms with E-state index in [2.05, 4.69) is 29.0 Å². The van der Waals surface area contributed by atoms with Gasteiger partial charge in [-0.25, -0.2) is 26.6 Å². The fourth-order valence-electron chi connectivity index (χ4n) is 4.66. The number of halogens is 13. The standard InChI is InChI=1S/C13H11F5N2O2.C12H11F5N4.C10H10F3N3OS/c14-11(15)6-20(9-3-12(21)22-7-9)5-8-1-2-10(19-4-8)13(16,17)18;1-8(20-7-18)21(6-11(13)14)5-9-2-3-10(19-4-9)12(15,16)17;1-7(18(2,17)16-6-14)8-3-4-9(15-5-8)10(11,12)13/h1-4,11H,5-7H2;2-4,11H,5-6H2,1H3;3-5,7H,1-2H3. The lowest BCUT2D eigenvalue weighted by atomic mass is 10.2. The van der Waals surface area contributed by atoms with Gasteiger partial charge in [0, 0.05) is 44.0 Å². The molecule has 61 heavy (non-hydrogen) atoms. The van der Waals surface area contributed by atoms with Crippen molar-refractivity contribution >= 4 is 21.5 Å². The smallest absolute Gasteiger partial charge is 0.433 e. The Hall–Kier alpha value is -6.05. The van der Waals surface area contributed by atoms with Crippen LogP contribution in [0.25, 0.3) is 0 Å². The molecule has 0 saturated carbocycles. The van der Waals surface area contributed by atoms with E-state index in [4.69, 9.17) is 10.5 Å². The molecule has 0 bridgehead atoms. The average Bonchev–Trinajstić information content (AvgIpc) is 3.60. The fourth-order valence-corrected chi connectivity index (χ4v) is 5.62. The van der Waals surface area contributed by atoms with Crippen molar-refractivity contribution in [1.82, 2.24) is 24.8 Å². The van der Waals surface area contributed by atoms with Gasteiger partial charge >= 0.3 is 24.5 Å². The zero-order valence-corrected chi connectivity index (χ0v) is 32.4. The first-order chi connectivity index (χ1) is 28.2. The minimum absolute atomic E-state index is 0.0534. The number of cyclic esters (lactones) is 1. The number of pyridine rings is 3. The van der Waals surface area contributed by atoms with E-state index in [0.29, 0.717) is 16.7 Å².